The molecule has 0 unspecified atom stereocenters. The summed E-state index contributed by atoms with van der Waals surface area (Å²) in [6.07, 6.45) is 5.92. The fourth-order valence-corrected chi connectivity index (χ4v) is 1.53. The Kier molecular flexibility index (Phi) is 6.37. The summed E-state index contributed by atoms with van der Waals surface area (Å²) in [5.41, 5.74) is 0. The molecule has 96 valence electrons. The smallest absolute Gasteiger partial charge is 0.317 e. The Hall–Kier alpha value is -1.99. The summed E-state index contributed by atoms with van der Waals surface area (Å²) in [6.45, 7) is 1.47. The molecule has 0 aliphatic rings. The number of ether oxygens (including phenoxy) is 1. The molecule has 0 bridgehead atoms. The molecule has 0 spiro atoms. The summed E-state index contributed by atoms with van der Waals surface area (Å²) in [5, 5.41) is 8.70. The zero-order valence-corrected chi connectivity index (χ0v) is 10.2. The number of aliphatic carboxylic acids is 1. The third-order valence-corrected chi connectivity index (χ3v) is 2.30. The maximum Gasteiger partial charge on any atom is 0.317 e. The first kappa shape index (κ1) is 14.1. The third-order valence-electron chi connectivity index (χ3n) is 2.30. The van der Waals surface area contributed by atoms with E-state index in [1.807, 2.05) is 30.3 Å². The molecule has 0 aliphatic heterocycles. The molecule has 0 radical (unpaired) electrons. The number of benzene rings is 1. The topological polar surface area (TPSA) is 49.8 Å². The van der Waals surface area contributed by atoms with Gasteiger partial charge in [0.1, 0.15) is 5.75 Å². The van der Waals surface area contributed by atoms with Crippen molar-refractivity contribution in [1.29, 1.82) is 0 Å². The molecule has 18 heavy (non-hydrogen) atoms. The van der Waals surface area contributed by atoms with E-state index in [2.05, 4.69) is 5.92 Å². The van der Waals surface area contributed by atoms with Crippen LogP contribution < -0.4 is 4.74 Å². The molecule has 0 amide bonds. The average Bonchev–Trinajstić information content (AvgIpc) is 2.35. The van der Waals surface area contributed by atoms with Crippen LogP contribution in [0.4, 0.5) is 0 Å². The van der Waals surface area contributed by atoms with Crippen LogP contribution in [0.25, 0.3) is 0 Å². The van der Waals surface area contributed by atoms with Crippen molar-refractivity contribution >= 4 is 5.97 Å². The van der Waals surface area contributed by atoms with Crippen molar-refractivity contribution in [2.24, 2.45) is 0 Å². The van der Waals surface area contributed by atoms with Crippen LogP contribution in [0.15, 0.2) is 30.3 Å². The predicted molar refractivity (Wildman–Crippen MR) is 69.5 cm³/mol. The van der Waals surface area contributed by atoms with Gasteiger partial charge in [0, 0.05) is 6.54 Å². The largest absolute Gasteiger partial charge is 0.494 e. The summed E-state index contributed by atoms with van der Waals surface area (Å²) >= 11 is 0. The minimum atomic E-state index is -0.866. The normalized spacial score (nSPS) is 10.0. The Bertz CT molecular complexity index is 397. The first-order valence-corrected chi connectivity index (χ1v) is 5.78. The highest BCUT2D eigenvalue weighted by Crippen LogP contribution is 2.08. The van der Waals surface area contributed by atoms with E-state index in [4.69, 9.17) is 16.3 Å². The SMILES string of the molecule is C#CCN(CCCOc1ccccc1)CC(=O)O. The zero-order chi connectivity index (χ0) is 13.2. The first-order valence-electron chi connectivity index (χ1n) is 5.78. The molecular weight excluding hydrogens is 230 g/mol. The van der Waals surface area contributed by atoms with Crippen LogP contribution >= 0.6 is 0 Å². The first-order chi connectivity index (χ1) is 8.72. The monoisotopic (exact) mass is 247 g/mol. The molecule has 0 heterocycles. The lowest BCUT2D eigenvalue weighted by molar-refractivity contribution is -0.138. The van der Waals surface area contributed by atoms with E-state index in [1.165, 1.54) is 0 Å². The van der Waals surface area contributed by atoms with Crippen LogP contribution in [0, 0.1) is 12.3 Å². The van der Waals surface area contributed by atoms with E-state index in [9.17, 15) is 4.79 Å². The molecule has 1 aromatic rings. The Labute approximate surface area is 107 Å². The van der Waals surface area contributed by atoms with Gasteiger partial charge in [0.25, 0.3) is 0 Å². The van der Waals surface area contributed by atoms with E-state index in [0.717, 1.165) is 12.2 Å². The highest BCUT2D eigenvalue weighted by molar-refractivity contribution is 5.69. The molecule has 0 aromatic heterocycles. The van der Waals surface area contributed by atoms with Gasteiger partial charge in [0.05, 0.1) is 19.7 Å². The van der Waals surface area contributed by atoms with Gasteiger partial charge in [0.15, 0.2) is 0 Å². The standard InChI is InChI=1S/C14H17NO3/c1-2-9-15(12-14(16)17)10-6-11-18-13-7-4-3-5-8-13/h1,3-5,7-8H,6,9-12H2,(H,16,17). The lowest BCUT2D eigenvalue weighted by atomic mass is 10.3. The number of nitrogens with zero attached hydrogens (tertiary/aromatic N) is 1. The van der Waals surface area contributed by atoms with Gasteiger partial charge in [-0.25, -0.2) is 0 Å². The van der Waals surface area contributed by atoms with Crippen molar-refractivity contribution in [3.63, 3.8) is 0 Å². The van der Waals surface area contributed by atoms with E-state index in [0.29, 0.717) is 19.7 Å². The van der Waals surface area contributed by atoms with Crippen molar-refractivity contribution in [1.82, 2.24) is 4.90 Å². The number of hydrogen-bond donors (Lipinski definition) is 1. The Morgan fingerprint density at radius 3 is 2.72 bits per heavy atom. The lowest BCUT2D eigenvalue weighted by Gasteiger charge is -2.17. The minimum Gasteiger partial charge on any atom is -0.494 e. The second kappa shape index (κ2) is 8.15. The molecule has 0 fully saturated rings. The van der Waals surface area contributed by atoms with E-state index in [-0.39, 0.29) is 6.54 Å². The fourth-order valence-electron chi connectivity index (χ4n) is 1.53. The molecular formula is C14H17NO3. The molecule has 0 atom stereocenters. The second-order valence-corrected chi connectivity index (χ2v) is 3.82. The Morgan fingerprint density at radius 1 is 1.39 bits per heavy atom. The van der Waals surface area contributed by atoms with Gasteiger partial charge in [-0.05, 0) is 18.6 Å². The molecule has 0 saturated carbocycles. The summed E-state index contributed by atoms with van der Waals surface area (Å²) in [7, 11) is 0. The van der Waals surface area contributed by atoms with Gasteiger partial charge in [-0.3, -0.25) is 9.69 Å². The number of carbonyl (C=O) groups is 1. The number of hydrogen-bond acceptors (Lipinski definition) is 3. The summed E-state index contributed by atoms with van der Waals surface area (Å²) in [6, 6.07) is 9.51. The predicted octanol–water partition coefficient (Wildman–Crippen LogP) is 1.48. The van der Waals surface area contributed by atoms with Crippen molar-refractivity contribution in [2.45, 2.75) is 6.42 Å². The molecule has 0 aliphatic carbocycles. The van der Waals surface area contributed by atoms with Crippen LogP contribution in [0.3, 0.4) is 0 Å². The van der Waals surface area contributed by atoms with E-state index in [1.54, 1.807) is 4.90 Å². The van der Waals surface area contributed by atoms with Crippen LogP contribution in [0.1, 0.15) is 6.42 Å². The molecule has 4 heteroatoms. The number of rotatable bonds is 8. The third kappa shape index (κ3) is 5.92. The fraction of sp³-hybridized carbons (Fsp3) is 0.357. The zero-order valence-electron chi connectivity index (χ0n) is 10.2. The van der Waals surface area contributed by atoms with Crippen LogP contribution in [0.5, 0.6) is 5.75 Å². The Balaban J connectivity index is 2.22. The van der Waals surface area contributed by atoms with E-state index >= 15 is 0 Å². The lowest BCUT2D eigenvalue weighted by Crippen LogP contribution is -2.31. The second-order valence-electron chi connectivity index (χ2n) is 3.82. The van der Waals surface area contributed by atoms with Gasteiger partial charge in [0.2, 0.25) is 0 Å². The maximum atomic E-state index is 10.6. The van der Waals surface area contributed by atoms with Gasteiger partial charge in [-0.2, -0.15) is 0 Å². The minimum absolute atomic E-state index is 0.0322. The summed E-state index contributed by atoms with van der Waals surface area (Å²) in [5.74, 6) is 2.41. The quantitative estimate of drug-likeness (QED) is 0.558. The summed E-state index contributed by atoms with van der Waals surface area (Å²) < 4.78 is 5.51. The molecule has 1 N–H and O–H groups in total. The molecule has 1 aromatic carbocycles. The number of carboxylic acids is 1. The molecule has 1 rings (SSSR count). The highest BCUT2D eigenvalue weighted by Gasteiger charge is 2.07. The molecule has 4 nitrogen and oxygen atoms in total. The van der Waals surface area contributed by atoms with Crippen molar-refractivity contribution < 1.29 is 14.6 Å². The van der Waals surface area contributed by atoms with Crippen molar-refractivity contribution in [3.05, 3.63) is 30.3 Å². The maximum absolute atomic E-state index is 10.6. The van der Waals surface area contributed by atoms with Crippen LogP contribution in [-0.4, -0.2) is 42.2 Å². The van der Waals surface area contributed by atoms with Gasteiger partial charge < -0.3 is 9.84 Å². The van der Waals surface area contributed by atoms with Crippen LogP contribution in [-0.2, 0) is 4.79 Å². The highest BCUT2D eigenvalue weighted by atomic mass is 16.5. The van der Waals surface area contributed by atoms with Crippen molar-refractivity contribution in [3.8, 4) is 18.1 Å². The van der Waals surface area contributed by atoms with Gasteiger partial charge in [-0.1, -0.05) is 24.1 Å². The molecule has 0 saturated heterocycles. The van der Waals surface area contributed by atoms with E-state index < -0.39 is 5.97 Å². The van der Waals surface area contributed by atoms with Crippen molar-refractivity contribution in [2.75, 3.05) is 26.2 Å². The number of terminal acetylenes is 1. The number of carboxylic acid groups (broad SMARTS) is 1. The summed E-state index contributed by atoms with van der Waals surface area (Å²) in [4.78, 5) is 12.3. The Morgan fingerprint density at radius 2 is 2.11 bits per heavy atom. The van der Waals surface area contributed by atoms with Gasteiger partial charge >= 0.3 is 5.97 Å². The van der Waals surface area contributed by atoms with Crippen LogP contribution in [0.2, 0.25) is 0 Å². The van der Waals surface area contributed by atoms with Gasteiger partial charge in [-0.15, -0.1) is 6.42 Å². The number of para-hydroxylation sites is 1. The average molecular weight is 247 g/mol.